The number of para-hydroxylation sites is 1. The second kappa shape index (κ2) is 7.34. The quantitative estimate of drug-likeness (QED) is 0.905. The number of amides is 1. The van der Waals surface area contributed by atoms with Crippen molar-refractivity contribution in [1.82, 2.24) is 9.88 Å². The summed E-state index contributed by atoms with van der Waals surface area (Å²) < 4.78 is 5.40. The number of aromatic nitrogens is 1. The van der Waals surface area contributed by atoms with E-state index in [9.17, 15) is 9.59 Å². The highest BCUT2D eigenvalue weighted by Crippen LogP contribution is 2.27. The Hall–Kier alpha value is -2.89. The second-order valence-electron chi connectivity index (χ2n) is 6.05. The van der Waals surface area contributed by atoms with Crippen LogP contribution in [0.25, 0.3) is 0 Å². The van der Waals surface area contributed by atoms with E-state index >= 15 is 0 Å². The molecule has 1 aromatic heterocycles. The van der Waals surface area contributed by atoms with E-state index in [2.05, 4.69) is 4.98 Å². The summed E-state index contributed by atoms with van der Waals surface area (Å²) in [7, 11) is 1.64. The topological polar surface area (TPSA) is 79.7 Å². The van der Waals surface area contributed by atoms with Gasteiger partial charge in [0.25, 0.3) is 5.91 Å². The molecule has 1 aliphatic rings. The molecule has 2 heterocycles. The molecule has 3 rings (SSSR count). The molecule has 1 atom stereocenters. The maximum atomic E-state index is 12.9. The lowest BCUT2D eigenvalue weighted by Gasteiger charge is -2.25. The summed E-state index contributed by atoms with van der Waals surface area (Å²) in [5.74, 6) is -0.470. The lowest BCUT2D eigenvalue weighted by molar-refractivity contribution is 0.0690. The molecule has 0 spiro atoms. The van der Waals surface area contributed by atoms with Gasteiger partial charge in [0, 0.05) is 24.3 Å². The van der Waals surface area contributed by atoms with Crippen molar-refractivity contribution in [2.75, 3.05) is 13.7 Å². The summed E-state index contributed by atoms with van der Waals surface area (Å²) in [6.07, 6.45) is 3.93. The number of rotatable bonds is 5. The van der Waals surface area contributed by atoms with Crippen LogP contribution in [0, 0.1) is 0 Å². The van der Waals surface area contributed by atoms with Crippen LogP contribution in [0.2, 0.25) is 0 Å². The molecule has 0 unspecified atom stereocenters. The first-order valence-electron chi connectivity index (χ1n) is 8.22. The maximum absolute atomic E-state index is 12.9. The minimum Gasteiger partial charge on any atom is -0.496 e. The normalized spacial score (nSPS) is 16.7. The number of hydrogen-bond acceptors (Lipinski definition) is 4. The number of methoxy groups -OCH3 is 1. The van der Waals surface area contributed by atoms with Crippen molar-refractivity contribution in [3.63, 3.8) is 0 Å². The predicted octanol–water partition coefficient (Wildman–Crippen LogP) is 2.64. The van der Waals surface area contributed by atoms with Gasteiger partial charge in [0.05, 0.1) is 7.11 Å². The Morgan fingerprint density at radius 1 is 1.32 bits per heavy atom. The molecule has 1 aliphatic heterocycles. The van der Waals surface area contributed by atoms with Crippen LogP contribution in [-0.2, 0) is 6.42 Å². The number of carbonyl (C=O) groups is 2. The minimum atomic E-state index is -1.14. The van der Waals surface area contributed by atoms with E-state index in [1.54, 1.807) is 13.2 Å². The summed E-state index contributed by atoms with van der Waals surface area (Å²) >= 11 is 0. The highest BCUT2D eigenvalue weighted by molar-refractivity contribution is 5.97. The number of nitrogens with zero attached hydrogens (tertiary/aromatic N) is 2. The van der Waals surface area contributed by atoms with Crippen molar-refractivity contribution in [2.24, 2.45) is 0 Å². The van der Waals surface area contributed by atoms with Crippen LogP contribution < -0.4 is 4.74 Å². The average molecular weight is 340 g/mol. The minimum absolute atomic E-state index is 0.0743. The highest BCUT2D eigenvalue weighted by atomic mass is 16.5. The van der Waals surface area contributed by atoms with Crippen LogP contribution in [0.1, 0.15) is 39.3 Å². The zero-order valence-corrected chi connectivity index (χ0v) is 14.0. The van der Waals surface area contributed by atoms with Crippen molar-refractivity contribution < 1.29 is 19.4 Å². The van der Waals surface area contributed by atoms with E-state index in [1.165, 1.54) is 12.3 Å². The summed E-state index contributed by atoms with van der Waals surface area (Å²) in [6, 6.07) is 10.8. The third-order valence-corrected chi connectivity index (χ3v) is 4.51. The number of carboxylic acids is 1. The molecule has 0 saturated carbocycles. The first-order chi connectivity index (χ1) is 12.1. The molecule has 130 valence electrons. The number of ether oxygens (including phenoxy) is 1. The Morgan fingerprint density at radius 2 is 2.12 bits per heavy atom. The number of carboxylic acid groups (broad SMARTS) is 1. The lowest BCUT2D eigenvalue weighted by Crippen LogP contribution is -2.37. The zero-order valence-electron chi connectivity index (χ0n) is 14.0. The van der Waals surface area contributed by atoms with Crippen LogP contribution >= 0.6 is 0 Å². The monoisotopic (exact) mass is 340 g/mol. The van der Waals surface area contributed by atoms with E-state index in [1.807, 2.05) is 29.2 Å². The van der Waals surface area contributed by atoms with E-state index < -0.39 is 5.97 Å². The second-order valence-corrected chi connectivity index (χ2v) is 6.05. The maximum Gasteiger partial charge on any atom is 0.354 e. The van der Waals surface area contributed by atoms with Crippen LogP contribution in [0.4, 0.5) is 0 Å². The van der Waals surface area contributed by atoms with Crippen molar-refractivity contribution in [3.8, 4) is 5.75 Å². The summed E-state index contributed by atoms with van der Waals surface area (Å²) in [5.41, 5.74) is 1.31. The van der Waals surface area contributed by atoms with E-state index in [0.29, 0.717) is 18.5 Å². The van der Waals surface area contributed by atoms with Crippen molar-refractivity contribution >= 4 is 11.9 Å². The lowest BCUT2D eigenvalue weighted by atomic mass is 10.0. The van der Waals surface area contributed by atoms with Gasteiger partial charge in [-0.25, -0.2) is 9.78 Å². The molecule has 1 aromatic carbocycles. The Balaban J connectivity index is 1.80. The summed E-state index contributed by atoms with van der Waals surface area (Å²) in [6.45, 7) is 0.670. The van der Waals surface area contributed by atoms with Crippen LogP contribution in [0.15, 0.2) is 42.6 Å². The molecule has 1 saturated heterocycles. The van der Waals surface area contributed by atoms with Gasteiger partial charge in [-0.2, -0.15) is 0 Å². The van der Waals surface area contributed by atoms with Gasteiger partial charge in [-0.1, -0.05) is 18.2 Å². The Labute approximate surface area is 146 Å². The number of likely N-dealkylation sites (tertiary alicyclic amines) is 1. The highest BCUT2D eigenvalue weighted by Gasteiger charge is 2.30. The fourth-order valence-corrected chi connectivity index (χ4v) is 3.29. The molecular weight excluding hydrogens is 320 g/mol. The fourth-order valence-electron chi connectivity index (χ4n) is 3.29. The van der Waals surface area contributed by atoms with Crippen molar-refractivity contribution in [1.29, 1.82) is 0 Å². The predicted molar refractivity (Wildman–Crippen MR) is 92.0 cm³/mol. The van der Waals surface area contributed by atoms with Crippen LogP contribution in [0.3, 0.4) is 0 Å². The van der Waals surface area contributed by atoms with E-state index in [0.717, 1.165) is 24.2 Å². The first kappa shape index (κ1) is 17.0. The molecule has 6 heteroatoms. The van der Waals surface area contributed by atoms with Gasteiger partial charge < -0.3 is 14.7 Å². The third-order valence-electron chi connectivity index (χ3n) is 4.51. The number of hydrogen-bond donors (Lipinski definition) is 1. The molecule has 2 aromatic rings. The average Bonchev–Trinajstić information content (AvgIpc) is 3.09. The van der Waals surface area contributed by atoms with Gasteiger partial charge in [0.2, 0.25) is 0 Å². The largest absolute Gasteiger partial charge is 0.496 e. The molecule has 0 bridgehead atoms. The number of pyridine rings is 1. The zero-order chi connectivity index (χ0) is 17.8. The van der Waals surface area contributed by atoms with E-state index in [-0.39, 0.29) is 17.6 Å². The Kier molecular flexibility index (Phi) is 4.97. The molecule has 0 radical (unpaired) electrons. The van der Waals surface area contributed by atoms with Gasteiger partial charge in [-0.3, -0.25) is 4.79 Å². The molecule has 1 amide bonds. The van der Waals surface area contributed by atoms with Gasteiger partial charge in [-0.05, 0) is 43.0 Å². The molecule has 25 heavy (non-hydrogen) atoms. The Morgan fingerprint density at radius 3 is 2.88 bits per heavy atom. The smallest absolute Gasteiger partial charge is 0.354 e. The standard InChI is InChI=1S/C19H20N2O4/c1-25-17-7-3-2-5-13(17)11-15-6-4-10-21(15)18(22)14-8-9-20-16(12-14)19(23)24/h2-3,5,7-9,12,15H,4,6,10-11H2,1H3,(H,23,24)/t15-/m1/s1. The summed E-state index contributed by atoms with van der Waals surface area (Å²) in [4.78, 5) is 29.5. The van der Waals surface area contributed by atoms with Crippen LogP contribution in [0.5, 0.6) is 5.75 Å². The molecule has 0 aliphatic carbocycles. The third kappa shape index (κ3) is 3.63. The fraction of sp³-hybridized carbons (Fsp3) is 0.316. The van der Waals surface area contributed by atoms with Crippen molar-refractivity contribution in [2.45, 2.75) is 25.3 Å². The molecule has 1 fully saturated rings. The number of carbonyl (C=O) groups excluding carboxylic acids is 1. The molecular formula is C19H20N2O4. The van der Waals surface area contributed by atoms with Gasteiger partial charge in [-0.15, -0.1) is 0 Å². The van der Waals surface area contributed by atoms with Gasteiger partial charge in [0.1, 0.15) is 11.4 Å². The van der Waals surface area contributed by atoms with Gasteiger partial charge in [0.15, 0.2) is 0 Å². The van der Waals surface area contributed by atoms with Gasteiger partial charge >= 0.3 is 5.97 Å². The van der Waals surface area contributed by atoms with E-state index in [4.69, 9.17) is 9.84 Å². The number of benzene rings is 1. The summed E-state index contributed by atoms with van der Waals surface area (Å²) in [5, 5.41) is 9.06. The number of aromatic carboxylic acids is 1. The molecule has 1 N–H and O–H groups in total. The van der Waals surface area contributed by atoms with Crippen molar-refractivity contribution in [3.05, 3.63) is 59.4 Å². The SMILES string of the molecule is COc1ccccc1C[C@H]1CCCN1C(=O)c1ccnc(C(=O)O)c1. The first-order valence-corrected chi connectivity index (χ1v) is 8.22. The van der Waals surface area contributed by atoms with Crippen LogP contribution in [-0.4, -0.2) is 46.6 Å². The molecule has 6 nitrogen and oxygen atoms in total. The Bertz CT molecular complexity index is 790.